The molecule has 2 aliphatic heterocycles. The van der Waals surface area contributed by atoms with Gasteiger partial charge in [0.2, 0.25) is 0 Å². The molecule has 38 heavy (non-hydrogen) atoms. The molecule has 2 amide bonds. The summed E-state index contributed by atoms with van der Waals surface area (Å²) in [7, 11) is 0. The minimum Gasteiger partial charge on any atom is -0.444 e. The number of carbonyl (C=O) groups is 2. The van der Waals surface area contributed by atoms with Gasteiger partial charge in [0.05, 0.1) is 5.56 Å². The molecule has 2 aliphatic rings. The lowest BCUT2D eigenvalue weighted by Gasteiger charge is -2.35. The van der Waals surface area contributed by atoms with Gasteiger partial charge in [-0.3, -0.25) is 4.79 Å². The first-order chi connectivity index (χ1) is 17.8. The van der Waals surface area contributed by atoms with E-state index in [1.165, 1.54) is 12.1 Å². The molecule has 2 aromatic carbocycles. The van der Waals surface area contributed by atoms with Crippen LogP contribution >= 0.6 is 0 Å². The lowest BCUT2D eigenvalue weighted by atomic mass is 9.82. The molecule has 5 nitrogen and oxygen atoms in total. The van der Waals surface area contributed by atoms with Crippen LogP contribution in [0.3, 0.4) is 0 Å². The lowest BCUT2D eigenvalue weighted by Crippen LogP contribution is -2.42. The fourth-order valence-corrected chi connectivity index (χ4v) is 5.33. The summed E-state index contributed by atoms with van der Waals surface area (Å²) in [6, 6.07) is 12.8. The van der Waals surface area contributed by atoms with E-state index in [4.69, 9.17) is 4.74 Å². The smallest absolute Gasteiger partial charge is 0.416 e. The van der Waals surface area contributed by atoms with E-state index in [0.717, 1.165) is 24.5 Å². The Morgan fingerprint density at radius 1 is 1.05 bits per heavy atom. The van der Waals surface area contributed by atoms with Crippen molar-refractivity contribution in [3.8, 4) is 0 Å². The average Bonchev–Trinajstić information content (AvgIpc) is 3.10. The highest BCUT2D eigenvalue weighted by Gasteiger charge is 2.34. The third-order valence-electron chi connectivity index (χ3n) is 7.31. The molecule has 0 bridgehead atoms. The Bertz CT molecular complexity index is 1160. The van der Waals surface area contributed by atoms with E-state index in [1.54, 1.807) is 21.9 Å². The summed E-state index contributed by atoms with van der Waals surface area (Å²) in [6.07, 6.45) is -2.10. The van der Waals surface area contributed by atoms with Crippen LogP contribution in [0.4, 0.5) is 18.0 Å². The van der Waals surface area contributed by atoms with Crippen LogP contribution in [0.25, 0.3) is 5.70 Å². The number of fused-ring (bicyclic) bond motifs is 1. The highest BCUT2D eigenvalue weighted by atomic mass is 19.4. The van der Waals surface area contributed by atoms with Crippen molar-refractivity contribution >= 4 is 17.7 Å². The Morgan fingerprint density at radius 3 is 2.32 bits per heavy atom. The zero-order valence-electron chi connectivity index (χ0n) is 22.2. The largest absolute Gasteiger partial charge is 0.444 e. The number of hydrogen-bond donors (Lipinski definition) is 0. The Balaban J connectivity index is 1.47. The van der Waals surface area contributed by atoms with Crippen LogP contribution in [0.5, 0.6) is 0 Å². The van der Waals surface area contributed by atoms with Crippen LogP contribution < -0.4 is 0 Å². The Hall–Kier alpha value is -3.29. The van der Waals surface area contributed by atoms with Crippen molar-refractivity contribution < 1.29 is 27.5 Å². The number of alkyl halides is 3. The number of benzene rings is 2. The second kappa shape index (κ2) is 10.8. The third-order valence-corrected chi connectivity index (χ3v) is 7.31. The number of amides is 2. The minimum atomic E-state index is -4.43. The zero-order chi connectivity index (χ0) is 27.7. The van der Waals surface area contributed by atoms with Crippen molar-refractivity contribution in [1.29, 1.82) is 0 Å². The van der Waals surface area contributed by atoms with Gasteiger partial charge >= 0.3 is 12.3 Å². The Morgan fingerprint density at radius 2 is 1.71 bits per heavy atom. The fourth-order valence-electron chi connectivity index (χ4n) is 5.33. The number of halogens is 3. The molecule has 2 heterocycles. The van der Waals surface area contributed by atoms with Gasteiger partial charge in [0.1, 0.15) is 5.60 Å². The number of piperidine rings is 1. The molecule has 2 aromatic rings. The van der Waals surface area contributed by atoms with Gasteiger partial charge in [-0.15, -0.1) is 0 Å². The molecular formula is C30H35F3N2O3. The minimum absolute atomic E-state index is 0.126. The Kier molecular flexibility index (Phi) is 7.90. The fraction of sp³-hybridized carbons (Fsp3) is 0.467. The SMILES string of the molecule is C=C1c2ccccc2C(=O)N1CCC(CC1CCN(C(=O)OC(C)(C)C)CC1)c1cccc(C(F)(F)F)c1. The van der Waals surface area contributed by atoms with Crippen molar-refractivity contribution in [2.45, 2.75) is 64.1 Å². The molecule has 0 radical (unpaired) electrons. The molecular weight excluding hydrogens is 493 g/mol. The van der Waals surface area contributed by atoms with E-state index in [1.807, 2.05) is 39.0 Å². The van der Waals surface area contributed by atoms with Crippen molar-refractivity contribution in [2.24, 2.45) is 5.92 Å². The molecule has 0 spiro atoms. The second-order valence-corrected chi connectivity index (χ2v) is 11.2. The lowest BCUT2D eigenvalue weighted by molar-refractivity contribution is -0.137. The van der Waals surface area contributed by atoms with Crippen LogP contribution in [-0.2, 0) is 10.9 Å². The molecule has 4 rings (SSSR count). The number of ether oxygens (including phenoxy) is 1. The quantitative estimate of drug-likeness (QED) is 0.394. The number of rotatable bonds is 6. The number of carbonyl (C=O) groups excluding carboxylic acids is 2. The molecule has 0 aromatic heterocycles. The van der Waals surface area contributed by atoms with Crippen LogP contribution in [0.1, 0.15) is 79.4 Å². The van der Waals surface area contributed by atoms with E-state index in [0.29, 0.717) is 49.3 Å². The predicted octanol–water partition coefficient (Wildman–Crippen LogP) is 7.34. The molecule has 1 unspecified atom stereocenters. The normalized spacial score (nSPS) is 17.5. The first kappa shape index (κ1) is 27.7. The van der Waals surface area contributed by atoms with Crippen molar-refractivity contribution in [3.05, 3.63) is 77.4 Å². The van der Waals surface area contributed by atoms with E-state index >= 15 is 0 Å². The Labute approximate surface area is 222 Å². The van der Waals surface area contributed by atoms with Gasteiger partial charge in [-0.2, -0.15) is 13.2 Å². The molecule has 1 atom stereocenters. The number of hydrogen-bond acceptors (Lipinski definition) is 3. The molecule has 0 aliphatic carbocycles. The van der Waals surface area contributed by atoms with Gasteiger partial charge in [-0.1, -0.05) is 43.0 Å². The van der Waals surface area contributed by atoms with E-state index in [2.05, 4.69) is 6.58 Å². The first-order valence-electron chi connectivity index (χ1n) is 13.1. The van der Waals surface area contributed by atoms with Gasteiger partial charge in [0.15, 0.2) is 0 Å². The van der Waals surface area contributed by atoms with Crippen LogP contribution in [-0.4, -0.2) is 47.0 Å². The molecule has 8 heteroatoms. The van der Waals surface area contributed by atoms with Gasteiger partial charge in [-0.25, -0.2) is 4.79 Å². The highest BCUT2D eigenvalue weighted by Crippen LogP contribution is 2.38. The summed E-state index contributed by atoms with van der Waals surface area (Å²) >= 11 is 0. The molecule has 1 saturated heterocycles. The molecule has 0 saturated carbocycles. The number of likely N-dealkylation sites (tertiary alicyclic amines) is 1. The van der Waals surface area contributed by atoms with Crippen LogP contribution in [0.2, 0.25) is 0 Å². The van der Waals surface area contributed by atoms with E-state index < -0.39 is 17.3 Å². The highest BCUT2D eigenvalue weighted by molar-refractivity contribution is 6.08. The summed E-state index contributed by atoms with van der Waals surface area (Å²) in [4.78, 5) is 28.8. The maximum absolute atomic E-state index is 13.5. The summed E-state index contributed by atoms with van der Waals surface area (Å²) in [6.45, 7) is 11.0. The van der Waals surface area contributed by atoms with Crippen LogP contribution in [0.15, 0.2) is 55.1 Å². The molecule has 1 fully saturated rings. The van der Waals surface area contributed by atoms with Crippen molar-refractivity contribution in [3.63, 3.8) is 0 Å². The predicted molar refractivity (Wildman–Crippen MR) is 140 cm³/mol. The maximum Gasteiger partial charge on any atom is 0.416 e. The standard InChI is InChI=1S/C30H35F3N2O3/c1-20-25-10-5-6-11-26(25)27(36)35(20)17-14-23(22-8-7-9-24(19-22)30(31,32)33)18-21-12-15-34(16-13-21)28(37)38-29(2,3)4/h5-11,19,21,23H,1,12-18H2,2-4H3. The summed E-state index contributed by atoms with van der Waals surface area (Å²) in [5, 5.41) is 0. The van der Waals surface area contributed by atoms with Gasteiger partial charge in [0.25, 0.3) is 5.91 Å². The van der Waals surface area contributed by atoms with E-state index in [-0.39, 0.29) is 23.8 Å². The number of nitrogens with zero attached hydrogens (tertiary/aromatic N) is 2. The summed E-state index contributed by atoms with van der Waals surface area (Å²) in [5.41, 5.74) is 1.39. The van der Waals surface area contributed by atoms with Crippen LogP contribution in [0, 0.1) is 5.92 Å². The second-order valence-electron chi connectivity index (χ2n) is 11.2. The van der Waals surface area contributed by atoms with Gasteiger partial charge in [-0.05, 0) is 76.0 Å². The first-order valence-corrected chi connectivity index (χ1v) is 13.1. The van der Waals surface area contributed by atoms with Crippen molar-refractivity contribution in [2.75, 3.05) is 19.6 Å². The van der Waals surface area contributed by atoms with Gasteiger partial charge < -0.3 is 14.5 Å². The van der Waals surface area contributed by atoms with Gasteiger partial charge in [0, 0.05) is 36.5 Å². The molecule has 0 N–H and O–H groups in total. The average molecular weight is 529 g/mol. The summed E-state index contributed by atoms with van der Waals surface area (Å²) in [5.74, 6) is -0.0679. The topological polar surface area (TPSA) is 49.9 Å². The molecule has 204 valence electrons. The van der Waals surface area contributed by atoms with Crippen molar-refractivity contribution in [1.82, 2.24) is 9.80 Å². The third kappa shape index (κ3) is 6.40. The van der Waals surface area contributed by atoms with E-state index in [9.17, 15) is 22.8 Å². The zero-order valence-corrected chi connectivity index (χ0v) is 22.2. The maximum atomic E-state index is 13.5. The summed E-state index contributed by atoms with van der Waals surface area (Å²) < 4.78 is 46.0. The monoisotopic (exact) mass is 528 g/mol.